The standard InChI is InChI=1S/C18H24N4O2S/c23-17-15-11-14(21-7-9-24-10-8-21)4-5-16(15)20-18(25)22(17)12-13-3-1-2-6-19-13/h1-3,6,14-16H,4-5,7-12H2,(H,20,25). The molecule has 3 fully saturated rings. The van der Waals surface area contributed by atoms with Gasteiger partial charge in [-0.3, -0.25) is 19.6 Å². The van der Waals surface area contributed by atoms with E-state index in [-0.39, 0.29) is 17.9 Å². The van der Waals surface area contributed by atoms with Crippen LogP contribution in [-0.2, 0) is 16.1 Å². The van der Waals surface area contributed by atoms with Crippen LogP contribution in [0.4, 0.5) is 0 Å². The van der Waals surface area contributed by atoms with Crippen LogP contribution < -0.4 is 5.32 Å². The van der Waals surface area contributed by atoms with Crippen LogP contribution in [0, 0.1) is 5.92 Å². The fourth-order valence-electron chi connectivity index (χ4n) is 4.21. The average Bonchev–Trinajstić information content (AvgIpc) is 2.66. The van der Waals surface area contributed by atoms with Crippen LogP contribution in [0.25, 0.3) is 0 Å². The lowest BCUT2D eigenvalue weighted by molar-refractivity contribution is -0.136. The zero-order valence-corrected chi connectivity index (χ0v) is 15.1. The summed E-state index contributed by atoms with van der Waals surface area (Å²) >= 11 is 5.47. The summed E-state index contributed by atoms with van der Waals surface area (Å²) in [4.78, 5) is 21.6. The summed E-state index contributed by atoms with van der Waals surface area (Å²) < 4.78 is 5.46. The zero-order chi connectivity index (χ0) is 17.2. The van der Waals surface area contributed by atoms with Crippen LogP contribution in [0.2, 0.25) is 0 Å². The van der Waals surface area contributed by atoms with Gasteiger partial charge in [0, 0.05) is 31.4 Å². The Morgan fingerprint density at radius 3 is 2.88 bits per heavy atom. The first-order valence-electron chi connectivity index (χ1n) is 9.06. The Kier molecular flexibility index (Phi) is 4.96. The Bertz CT molecular complexity index is 635. The summed E-state index contributed by atoms with van der Waals surface area (Å²) in [6.07, 6.45) is 4.76. The predicted molar refractivity (Wildman–Crippen MR) is 97.8 cm³/mol. The van der Waals surface area contributed by atoms with E-state index in [4.69, 9.17) is 17.0 Å². The van der Waals surface area contributed by atoms with Crippen molar-refractivity contribution in [2.45, 2.75) is 37.9 Å². The van der Waals surface area contributed by atoms with Gasteiger partial charge < -0.3 is 10.1 Å². The average molecular weight is 360 g/mol. The Labute approximate surface area is 153 Å². The number of rotatable bonds is 3. The van der Waals surface area contributed by atoms with Crippen molar-refractivity contribution in [1.29, 1.82) is 0 Å². The lowest BCUT2D eigenvalue weighted by Gasteiger charge is -2.46. The predicted octanol–water partition coefficient (Wildman–Crippen LogP) is 1.17. The molecular weight excluding hydrogens is 336 g/mol. The molecular formula is C18H24N4O2S. The summed E-state index contributed by atoms with van der Waals surface area (Å²) in [7, 11) is 0. The van der Waals surface area contributed by atoms with E-state index in [0.29, 0.717) is 17.7 Å². The second-order valence-electron chi connectivity index (χ2n) is 7.02. The van der Waals surface area contributed by atoms with Crippen molar-refractivity contribution in [2.24, 2.45) is 5.92 Å². The second kappa shape index (κ2) is 7.35. The van der Waals surface area contributed by atoms with Crippen molar-refractivity contribution in [3.05, 3.63) is 30.1 Å². The third kappa shape index (κ3) is 3.54. The minimum Gasteiger partial charge on any atom is -0.379 e. The van der Waals surface area contributed by atoms with E-state index in [9.17, 15) is 4.79 Å². The van der Waals surface area contributed by atoms with Crippen molar-refractivity contribution in [2.75, 3.05) is 26.3 Å². The van der Waals surface area contributed by atoms with Crippen molar-refractivity contribution in [1.82, 2.24) is 20.1 Å². The Hall–Kier alpha value is -1.57. The van der Waals surface area contributed by atoms with Gasteiger partial charge in [0.1, 0.15) is 0 Å². The molecule has 3 atom stereocenters. The fraction of sp³-hybridized carbons (Fsp3) is 0.611. The molecule has 0 bridgehead atoms. The lowest BCUT2D eigenvalue weighted by atomic mass is 9.79. The van der Waals surface area contributed by atoms with E-state index in [1.807, 2.05) is 18.2 Å². The summed E-state index contributed by atoms with van der Waals surface area (Å²) in [6.45, 7) is 3.98. The number of pyridine rings is 1. The number of aromatic nitrogens is 1. The van der Waals surface area contributed by atoms with E-state index in [1.165, 1.54) is 0 Å². The number of amides is 1. The molecule has 2 saturated heterocycles. The molecule has 7 heteroatoms. The number of fused-ring (bicyclic) bond motifs is 1. The maximum absolute atomic E-state index is 13.1. The lowest BCUT2D eigenvalue weighted by Crippen LogP contribution is -2.62. The number of thiocarbonyl (C=S) groups is 1. The van der Waals surface area contributed by atoms with Gasteiger partial charge in [0.05, 0.1) is 31.4 Å². The highest BCUT2D eigenvalue weighted by Gasteiger charge is 2.44. The molecule has 4 rings (SSSR count). The molecule has 25 heavy (non-hydrogen) atoms. The van der Waals surface area contributed by atoms with Gasteiger partial charge in [-0.05, 0) is 43.6 Å². The molecule has 3 unspecified atom stereocenters. The molecule has 1 saturated carbocycles. The highest BCUT2D eigenvalue weighted by Crippen LogP contribution is 2.33. The van der Waals surface area contributed by atoms with Gasteiger partial charge in [-0.2, -0.15) is 0 Å². The van der Waals surface area contributed by atoms with Crippen LogP contribution >= 0.6 is 12.2 Å². The first-order chi connectivity index (χ1) is 12.2. The maximum atomic E-state index is 13.1. The molecule has 0 radical (unpaired) electrons. The number of hydrogen-bond acceptors (Lipinski definition) is 5. The molecule has 3 heterocycles. The van der Waals surface area contributed by atoms with E-state index in [1.54, 1.807) is 11.1 Å². The third-order valence-corrected chi connectivity index (χ3v) is 5.91. The Morgan fingerprint density at radius 1 is 1.28 bits per heavy atom. The minimum absolute atomic E-state index is 0.00277. The highest BCUT2D eigenvalue weighted by atomic mass is 32.1. The Morgan fingerprint density at radius 2 is 2.12 bits per heavy atom. The summed E-state index contributed by atoms with van der Waals surface area (Å²) in [6, 6.07) is 6.39. The SMILES string of the molecule is O=C1C2CC(N3CCOCC3)CCC2NC(=S)N1Cc1ccccn1. The number of nitrogens with zero attached hydrogens (tertiary/aromatic N) is 3. The number of nitrogens with one attached hydrogen (secondary N) is 1. The highest BCUT2D eigenvalue weighted by molar-refractivity contribution is 7.80. The second-order valence-corrected chi connectivity index (χ2v) is 7.41. The van der Waals surface area contributed by atoms with Crippen LogP contribution in [-0.4, -0.2) is 64.2 Å². The third-order valence-electron chi connectivity index (χ3n) is 5.57. The topological polar surface area (TPSA) is 57.7 Å². The van der Waals surface area contributed by atoms with Gasteiger partial charge in [-0.1, -0.05) is 6.07 Å². The van der Waals surface area contributed by atoms with Crippen LogP contribution in [0.15, 0.2) is 24.4 Å². The summed E-state index contributed by atoms with van der Waals surface area (Å²) in [5, 5.41) is 3.95. The van der Waals surface area contributed by atoms with Gasteiger partial charge in [-0.25, -0.2) is 0 Å². The molecule has 2 aliphatic heterocycles. The summed E-state index contributed by atoms with van der Waals surface area (Å²) in [5.74, 6) is 0.148. The minimum atomic E-state index is -0.00277. The number of carbonyl (C=O) groups excluding carboxylic acids is 1. The molecule has 1 aliphatic carbocycles. The molecule has 1 amide bonds. The largest absolute Gasteiger partial charge is 0.379 e. The van der Waals surface area contributed by atoms with Crippen LogP contribution in [0.5, 0.6) is 0 Å². The van der Waals surface area contributed by atoms with E-state index in [2.05, 4.69) is 15.2 Å². The number of hydrogen-bond donors (Lipinski definition) is 1. The van der Waals surface area contributed by atoms with Gasteiger partial charge in [0.25, 0.3) is 0 Å². The molecule has 0 aromatic carbocycles. The Balaban J connectivity index is 1.46. The van der Waals surface area contributed by atoms with Gasteiger partial charge in [0.15, 0.2) is 5.11 Å². The number of carbonyl (C=O) groups is 1. The molecule has 134 valence electrons. The molecule has 3 aliphatic rings. The van der Waals surface area contributed by atoms with E-state index in [0.717, 1.165) is 51.3 Å². The van der Waals surface area contributed by atoms with Gasteiger partial charge in [0.2, 0.25) is 5.91 Å². The number of ether oxygens (including phenoxy) is 1. The normalized spacial score (nSPS) is 30.7. The van der Waals surface area contributed by atoms with Crippen molar-refractivity contribution >= 4 is 23.2 Å². The number of morpholine rings is 1. The van der Waals surface area contributed by atoms with Crippen LogP contribution in [0.1, 0.15) is 25.0 Å². The quantitative estimate of drug-likeness (QED) is 0.817. The van der Waals surface area contributed by atoms with E-state index < -0.39 is 0 Å². The first kappa shape index (κ1) is 16.9. The molecule has 1 aromatic rings. The van der Waals surface area contributed by atoms with Crippen molar-refractivity contribution in [3.63, 3.8) is 0 Å². The molecule has 6 nitrogen and oxygen atoms in total. The van der Waals surface area contributed by atoms with Crippen molar-refractivity contribution in [3.8, 4) is 0 Å². The maximum Gasteiger partial charge on any atom is 0.234 e. The van der Waals surface area contributed by atoms with Gasteiger partial charge >= 0.3 is 0 Å². The molecule has 1 N–H and O–H groups in total. The summed E-state index contributed by atoms with van der Waals surface area (Å²) in [5.41, 5.74) is 0.860. The van der Waals surface area contributed by atoms with Crippen molar-refractivity contribution < 1.29 is 9.53 Å². The van der Waals surface area contributed by atoms with Crippen LogP contribution in [0.3, 0.4) is 0 Å². The molecule has 1 aromatic heterocycles. The van der Waals surface area contributed by atoms with E-state index >= 15 is 0 Å². The smallest absolute Gasteiger partial charge is 0.234 e. The monoisotopic (exact) mass is 360 g/mol. The fourth-order valence-corrected chi connectivity index (χ4v) is 4.51. The zero-order valence-electron chi connectivity index (χ0n) is 14.3. The first-order valence-corrected chi connectivity index (χ1v) is 9.47. The van der Waals surface area contributed by atoms with Gasteiger partial charge in [-0.15, -0.1) is 0 Å². The molecule has 0 spiro atoms.